The van der Waals surface area contributed by atoms with E-state index in [1.165, 1.54) is 55.2 Å². The van der Waals surface area contributed by atoms with E-state index in [0.717, 1.165) is 22.7 Å². The van der Waals surface area contributed by atoms with Gasteiger partial charge in [-0.05, 0) is 89.3 Å². The van der Waals surface area contributed by atoms with Crippen LogP contribution in [0.2, 0.25) is 0 Å². The number of anilines is 3. The Morgan fingerprint density at radius 2 is 1.06 bits per heavy atom. The van der Waals surface area contributed by atoms with Crippen LogP contribution in [-0.4, -0.2) is 4.57 Å². The highest BCUT2D eigenvalue weighted by Gasteiger charge is 2.18. The molecular weight excluding hydrogens is 617 g/mol. The normalized spacial score (nSPS) is 11.7. The molecule has 2 nitrogen and oxygen atoms in total. The first-order valence-electron chi connectivity index (χ1n) is 17.4. The number of rotatable bonds is 9. The third kappa shape index (κ3) is 6.20. The number of nitrogens with zero attached hydrogens (tertiary/aromatic N) is 2. The van der Waals surface area contributed by atoms with Crippen LogP contribution in [0.4, 0.5) is 17.1 Å². The van der Waals surface area contributed by atoms with Crippen molar-refractivity contribution in [3.05, 3.63) is 212 Å². The Morgan fingerprint density at radius 1 is 0.510 bits per heavy atom. The zero-order valence-corrected chi connectivity index (χ0v) is 28.7. The van der Waals surface area contributed by atoms with Crippen molar-refractivity contribution >= 4 is 44.4 Å². The molecule has 51 heavy (non-hydrogen) atoms. The van der Waals surface area contributed by atoms with Gasteiger partial charge >= 0.3 is 0 Å². The molecule has 0 saturated carbocycles. The standard InChI is InChI=1S/C49H38N2/c1-3-4-7-15-36(2)37-24-30-42(31-25-37)50(43-32-26-39(27-33-43)38-16-8-5-9-17-38)44-34-28-40(29-35-44)45-21-14-22-47-46-20-12-13-23-48(46)51(49(45)47)41-18-10-6-11-19-41/h3-35H,1H2,2H3/b7-4-,36-15+. The summed E-state index contributed by atoms with van der Waals surface area (Å²) in [6.45, 7) is 5.92. The van der Waals surface area contributed by atoms with Crippen LogP contribution < -0.4 is 4.90 Å². The third-order valence-corrected chi connectivity index (χ3v) is 9.55. The van der Waals surface area contributed by atoms with Crippen molar-refractivity contribution in [1.82, 2.24) is 4.57 Å². The first-order valence-corrected chi connectivity index (χ1v) is 17.4. The number of allylic oxidation sites excluding steroid dienone is 5. The lowest BCUT2D eigenvalue weighted by molar-refractivity contribution is 1.18. The van der Waals surface area contributed by atoms with E-state index in [4.69, 9.17) is 0 Å². The molecule has 7 aromatic carbocycles. The molecule has 8 aromatic rings. The van der Waals surface area contributed by atoms with E-state index in [9.17, 15) is 0 Å². The molecule has 0 atom stereocenters. The van der Waals surface area contributed by atoms with Crippen molar-refractivity contribution in [2.24, 2.45) is 0 Å². The average Bonchev–Trinajstić information content (AvgIpc) is 3.54. The van der Waals surface area contributed by atoms with Crippen LogP contribution in [0.5, 0.6) is 0 Å². The molecule has 0 saturated heterocycles. The molecule has 1 aromatic heterocycles. The van der Waals surface area contributed by atoms with Crippen molar-refractivity contribution in [2.75, 3.05) is 4.90 Å². The van der Waals surface area contributed by atoms with Gasteiger partial charge < -0.3 is 9.47 Å². The number of para-hydroxylation sites is 3. The maximum Gasteiger partial charge on any atom is 0.0619 e. The number of hydrogen-bond acceptors (Lipinski definition) is 1. The van der Waals surface area contributed by atoms with Gasteiger partial charge in [0.1, 0.15) is 0 Å². The van der Waals surface area contributed by atoms with Crippen molar-refractivity contribution in [3.8, 4) is 27.9 Å². The minimum Gasteiger partial charge on any atom is -0.311 e. The second-order valence-electron chi connectivity index (χ2n) is 12.7. The van der Waals surface area contributed by atoms with Crippen molar-refractivity contribution in [2.45, 2.75) is 6.92 Å². The Bertz CT molecular complexity index is 2500. The maximum atomic E-state index is 3.78. The minimum atomic E-state index is 1.09. The van der Waals surface area contributed by atoms with E-state index in [-0.39, 0.29) is 0 Å². The SMILES string of the molecule is C=C/C=C\C=C(/C)c1ccc(N(c2ccc(-c3ccccc3)cc2)c2ccc(-c3cccc4c5ccccc5n(-c5ccccc5)c34)cc2)cc1. The highest BCUT2D eigenvalue weighted by Crippen LogP contribution is 2.40. The molecule has 0 radical (unpaired) electrons. The largest absolute Gasteiger partial charge is 0.311 e. The van der Waals surface area contributed by atoms with Gasteiger partial charge in [-0.2, -0.15) is 0 Å². The summed E-state index contributed by atoms with van der Waals surface area (Å²) in [5.41, 5.74) is 14.0. The maximum absolute atomic E-state index is 3.78. The summed E-state index contributed by atoms with van der Waals surface area (Å²) >= 11 is 0. The molecule has 1 heterocycles. The molecule has 244 valence electrons. The van der Waals surface area contributed by atoms with Crippen molar-refractivity contribution in [1.29, 1.82) is 0 Å². The van der Waals surface area contributed by atoms with Crippen LogP contribution in [0.25, 0.3) is 55.3 Å². The molecule has 0 bridgehead atoms. The summed E-state index contributed by atoms with van der Waals surface area (Å²) < 4.78 is 2.40. The van der Waals surface area contributed by atoms with Crippen LogP contribution in [0.15, 0.2) is 207 Å². The van der Waals surface area contributed by atoms with E-state index in [1.54, 1.807) is 6.08 Å². The van der Waals surface area contributed by atoms with Crippen LogP contribution in [0, 0.1) is 0 Å². The fraction of sp³-hybridized carbons (Fsp3) is 0.0204. The lowest BCUT2D eigenvalue weighted by Crippen LogP contribution is -2.10. The van der Waals surface area contributed by atoms with Gasteiger partial charge in [-0.1, -0.05) is 152 Å². The Labute approximate surface area is 300 Å². The average molecular weight is 655 g/mol. The summed E-state index contributed by atoms with van der Waals surface area (Å²) in [7, 11) is 0. The summed E-state index contributed by atoms with van der Waals surface area (Å²) in [6, 6.07) is 63.3. The fourth-order valence-corrected chi connectivity index (χ4v) is 7.02. The highest BCUT2D eigenvalue weighted by atomic mass is 15.1. The third-order valence-electron chi connectivity index (χ3n) is 9.55. The lowest BCUT2D eigenvalue weighted by atomic mass is 10.0. The predicted octanol–water partition coefficient (Wildman–Crippen LogP) is 13.7. The van der Waals surface area contributed by atoms with E-state index in [1.807, 2.05) is 12.2 Å². The molecule has 8 rings (SSSR count). The zero-order chi connectivity index (χ0) is 34.6. The fourth-order valence-electron chi connectivity index (χ4n) is 7.02. The van der Waals surface area contributed by atoms with Crippen LogP contribution in [0.3, 0.4) is 0 Å². The Hall–Kier alpha value is -6.64. The molecule has 0 N–H and O–H groups in total. The first kappa shape index (κ1) is 31.6. The van der Waals surface area contributed by atoms with E-state index in [2.05, 4.69) is 205 Å². The van der Waals surface area contributed by atoms with Gasteiger partial charge in [0, 0.05) is 39.1 Å². The number of fused-ring (bicyclic) bond motifs is 3. The molecule has 0 spiro atoms. The van der Waals surface area contributed by atoms with E-state index in [0.29, 0.717) is 0 Å². The van der Waals surface area contributed by atoms with Gasteiger partial charge in [0.25, 0.3) is 0 Å². The summed E-state index contributed by atoms with van der Waals surface area (Å²) in [5, 5.41) is 2.51. The van der Waals surface area contributed by atoms with E-state index < -0.39 is 0 Å². The minimum absolute atomic E-state index is 1.09. The second-order valence-corrected chi connectivity index (χ2v) is 12.7. The first-order chi connectivity index (χ1) is 25.2. The van der Waals surface area contributed by atoms with Crippen LogP contribution in [0.1, 0.15) is 12.5 Å². The lowest BCUT2D eigenvalue weighted by Gasteiger charge is -2.26. The molecule has 0 aliphatic rings. The molecule has 0 aliphatic heterocycles. The van der Waals surface area contributed by atoms with Gasteiger partial charge in [0.2, 0.25) is 0 Å². The van der Waals surface area contributed by atoms with Gasteiger partial charge in [-0.15, -0.1) is 0 Å². The zero-order valence-electron chi connectivity index (χ0n) is 28.7. The van der Waals surface area contributed by atoms with Gasteiger partial charge in [-0.3, -0.25) is 0 Å². The van der Waals surface area contributed by atoms with Crippen LogP contribution >= 0.6 is 0 Å². The summed E-state index contributed by atoms with van der Waals surface area (Å²) in [4.78, 5) is 2.33. The number of aromatic nitrogens is 1. The molecular formula is C49H38N2. The molecule has 0 fully saturated rings. The van der Waals surface area contributed by atoms with Crippen molar-refractivity contribution < 1.29 is 0 Å². The van der Waals surface area contributed by atoms with Crippen molar-refractivity contribution in [3.63, 3.8) is 0 Å². The Kier molecular flexibility index (Phi) is 8.72. The monoisotopic (exact) mass is 654 g/mol. The highest BCUT2D eigenvalue weighted by molar-refractivity contribution is 6.13. The smallest absolute Gasteiger partial charge is 0.0619 e. The molecule has 2 heteroatoms. The predicted molar refractivity (Wildman–Crippen MR) is 219 cm³/mol. The van der Waals surface area contributed by atoms with Crippen LogP contribution in [-0.2, 0) is 0 Å². The Balaban J connectivity index is 1.22. The number of benzene rings is 7. The van der Waals surface area contributed by atoms with Gasteiger partial charge in [-0.25, -0.2) is 0 Å². The van der Waals surface area contributed by atoms with E-state index >= 15 is 0 Å². The molecule has 0 aliphatic carbocycles. The summed E-state index contributed by atoms with van der Waals surface area (Å²) in [6.07, 6.45) is 7.89. The topological polar surface area (TPSA) is 8.17 Å². The Morgan fingerprint density at radius 3 is 1.73 bits per heavy atom. The quantitative estimate of drug-likeness (QED) is 0.141. The van der Waals surface area contributed by atoms with Gasteiger partial charge in [0.05, 0.1) is 11.0 Å². The molecule has 0 amide bonds. The molecule has 0 unspecified atom stereocenters. The second kappa shape index (κ2) is 14.1. The number of hydrogen-bond donors (Lipinski definition) is 0. The van der Waals surface area contributed by atoms with Gasteiger partial charge in [0.15, 0.2) is 0 Å². The summed E-state index contributed by atoms with van der Waals surface area (Å²) in [5.74, 6) is 0.